The Labute approximate surface area is 141 Å². The first kappa shape index (κ1) is 15.7. The second-order valence-corrected chi connectivity index (χ2v) is 6.46. The summed E-state index contributed by atoms with van der Waals surface area (Å²) in [6, 6.07) is 16.5. The lowest BCUT2D eigenvalue weighted by molar-refractivity contribution is 0.415. The highest BCUT2D eigenvalue weighted by atomic mass is 32.2. The van der Waals surface area contributed by atoms with Gasteiger partial charge in [-0.2, -0.15) is 0 Å². The van der Waals surface area contributed by atoms with E-state index in [0.29, 0.717) is 0 Å². The topological polar surface area (TPSA) is 33.6 Å². The molecule has 0 amide bonds. The van der Waals surface area contributed by atoms with Crippen molar-refractivity contribution < 1.29 is 4.74 Å². The molecule has 0 spiro atoms. The Hall–Kier alpha value is -2.20. The Bertz CT molecular complexity index is 718. The molecule has 0 bridgehead atoms. The van der Waals surface area contributed by atoms with Gasteiger partial charge < -0.3 is 10.1 Å². The third-order valence-corrected chi connectivity index (χ3v) is 4.54. The van der Waals surface area contributed by atoms with Gasteiger partial charge in [-0.25, -0.2) is 0 Å². The van der Waals surface area contributed by atoms with Gasteiger partial charge in [0, 0.05) is 23.7 Å². The maximum atomic E-state index is 5.21. The lowest BCUT2D eigenvalue weighted by Gasteiger charge is -2.13. The quantitative estimate of drug-likeness (QED) is 0.872. The molecule has 1 N–H and O–H groups in total. The maximum absolute atomic E-state index is 5.21. The largest absolute Gasteiger partial charge is 0.497 e. The van der Waals surface area contributed by atoms with Crippen LogP contribution in [0, 0.1) is 6.92 Å². The lowest BCUT2D eigenvalue weighted by Crippen LogP contribution is -2.01. The minimum Gasteiger partial charge on any atom is -0.497 e. The normalized spacial score (nSPS) is 14.5. The molecule has 0 aromatic heterocycles. The highest BCUT2D eigenvalue weighted by Gasteiger charge is 2.09. The minimum absolute atomic E-state index is 0.854. The van der Waals surface area contributed by atoms with Gasteiger partial charge in [0.15, 0.2) is 0 Å². The number of aliphatic imine (C=N–C) groups is 1. The molecule has 1 aliphatic rings. The Kier molecular flexibility index (Phi) is 5.03. The Morgan fingerprint density at radius 2 is 1.87 bits per heavy atom. The fourth-order valence-corrected chi connectivity index (χ4v) is 3.09. The molecule has 0 atom stereocenters. The molecule has 0 unspecified atom stereocenters. The number of nitrogens with one attached hydrogen (secondary N) is 1. The van der Waals surface area contributed by atoms with E-state index < -0.39 is 0 Å². The van der Waals surface area contributed by atoms with E-state index in [4.69, 9.17) is 4.74 Å². The number of hydrogen-bond acceptors (Lipinski definition) is 4. The SMILES string of the molecule is COc1ccc(N/C(=C/C2=NCCS2)c2ccc(C)cc2)cc1. The summed E-state index contributed by atoms with van der Waals surface area (Å²) in [5, 5.41) is 4.59. The highest BCUT2D eigenvalue weighted by molar-refractivity contribution is 8.14. The fraction of sp³-hybridized carbons (Fsp3) is 0.211. The van der Waals surface area contributed by atoms with Crippen molar-refractivity contribution in [3.8, 4) is 5.75 Å². The predicted molar refractivity (Wildman–Crippen MR) is 101 cm³/mol. The smallest absolute Gasteiger partial charge is 0.119 e. The zero-order valence-electron chi connectivity index (χ0n) is 13.4. The van der Waals surface area contributed by atoms with E-state index in [9.17, 15) is 0 Å². The van der Waals surface area contributed by atoms with E-state index in [1.165, 1.54) is 5.56 Å². The van der Waals surface area contributed by atoms with E-state index >= 15 is 0 Å². The number of methoxy groups -OCH3 is 1. The second kappa shape index (κ2) is 7.38. The number of rotatable bonds is 5. The molecular weight excluding hydrogens is 304 g/mol. The first-order valence-corrected chi connectivity index (χ1v) is 8.60. The van der Waals surface area contributed by atoms with Gasteiger partial charge in [-0.1, -0.05) is 29.8 Å². The molecule has 23 heavy (non-hydrogen) atoms. The van der Waals surface area contributed by atoms with Gasteiger partial charge in [-0.15, -0.1) is 11.8 Å². The minimum atomic E-state index is 0.854. The van der Waals surface area contributed by atoms with Crippen LogP contribution in [0.2, 0.25) is 0 Å². The molecule has 3 rings (SSSR count). The number of ether oxygens (including phenoxy) is 1. The summed E-state index contributed by atoms with van der Waals surface area (Å²) in [7, 11) is 1.68. The number of benzene rings is 2. The van der Waals surface area contributed by atoms with E-state index in [1.807, 2.05) is 24.3 Å². The van der Waals surface area contributed by atoms with Gasteiger partial charge >= 0.3 is 0 Å². The first-order chi connectivity index (χ1) is 11.2. The van der Waals surface area contributed by atoms with Crippen molar-refractivity contribution in [3.63, 3.8) is 0 Å². The van der Waals surface area contributed by atoms with Crippen LogP contribution in [0.1, 0.15) is 11.1 Å². The summed E-state index contributed by atoms with van der Waals surface area (Å²) in [4.78, 5) is 4.53. The average Bonchev–Trinajstić information content (AvgIpc) is 3.09. The van der Waals surface area contributed by atoms with Crippen molar-refractivity contribution in [2.45, 2.75) is 6.92 Å². The van der Waals surface area contributed by atoms with Crippen LogP contribution in [0.5, 0.6) is 5.75 Å². The highest BCUT2D eigenvalue weighted by Crippen LogP contribution is 2.24. The molecule has 118 valence electrons. The van der Waals surface area contributed by atoms with Crippen molar-refractivity contribution in [1.29, 1.82) is 0 Å². The van der Waals surface area contributed by atoms with Crippen molar-refractivity contribution in [2.75, 3.05) is 24.7 Å². The maximum Gasteiger partial charge on any atom is 0.119 e. The van der Waals surface area contributed by atoms with Crippen LogP contribution >= 0.6 is 11.8 Å². The standard InChI is InChI=1S/C19H20N2OS/c1-14-3-5-15(6-4-14)18(13-19-20-11-12-23-19)21-16-7-9-17(22-2)10-8-16/h3-10,13,21H,11-12H2,1-2H3/b18-13+. The van der Waals surface area contributed by atoms with Crippen LogP contribution in [0.25, 0.3) is 5.70 Å². The van der Waals surface area contributed by atoms with Gasteiger partial charge in [0.05, 0.1) is 12.2 Å². The molecule has 0 saturated carbocycles. The third-order valence-electron chi connectivity index (χ3n) is 3.61. The number of nitrogens with zero attached hydrogens (tertiary/aromatic N) is 1. The summed E-state index contributed by atoms with van der Waals surface area (Å²) in [6.45, 7) is 3.00. The fourth-order valence-electron chi connectivity index (χ4n) is 2.32. The van der Waals surface area contributed by atoms with Crippen LogP contribution in [0.3, 0.4) is 0 Å². The van der Waals surface area contributed by atoms with Crippen LogP contribution in [0.15, 0.2) is 59.6 Å². The molecular formula is C19H20N2OS. The zero-order chi connectivity index (χ0) is 16.1. The Morgan fingerprint density at radius 1 is 1.13 bits per heavy atom. The van der Waals surface area contributed by atoms with E-state index in [-0.39, 0.29) is 0 Å². The van der Waals surface area contributed by atoms with Crippen molar-refractivity contribution in [3.05, 3.63) is 65.7 Å². The molecule has 1 heterocycles. The summed E-state index contributed by atoms with van der Waals surface area (Å²) in [5.41, 5.74) is 4.50. The Morgan fingerprint density at radius 3 is 2.48 bits per heavy atom. The first-order valence-electron chi connectivity index (χ1n) is 7.62. The molecule has 0 saturated heterocycles. The van der Waals surface area contributed by atoms with Crippen LogP contribution < -0.4 is 10.1 Å². The summed E-state index contributed by atoms with van der Waals surface area (Å²) >= 11 is 1.80. The van der Waals surface area contributed by atoms with E-state index in [2.05, 4.69) is 47.6 Å². The second-order valence-electron chi connectivity index (χ2n) is 5.35. The van der Waals surface area contributed by atoms with Gasteiger partial charge in [0.1, 0.15) is 5.75 Å². The van der Waals surface area contributed by atoms with E-state index in [1.54, 1.807) is 18.9 Å². The van der Waals surface area contributed by atoms with Crippen LogP contribution in [-0.4, -0.2) is 24.5 Å². The monoisotopic (exact) mass is 324 g/mol. The molecule has 4 heteroatoms. The number of hydrogen-bond donors (Lipinski definition) is 1. The zero-order valence-corrected chi connectivity index (χ0v) is 14.2. The van der Waals surface area contributed by atoms with Gasteiger partial charge in [0.25, 0.3) is 0 Å². The molecule has 3 nitrogen and oxygen atoms in total. The lowest BCUT2D eigenvalue weighted by atomic mass is 10.1. The number of thioether (sulfide) groups is 1. The Balaban J connectivity index is 1.89. The molecule has 2 aromatic carbocycles. The molecule has 2 aromatic rings. The predicted octanol–water partition coefficient (Wildman–Crippen LogP) is 4.60. The van der Waals surface area contributed by atoms with Crippen molar-refractivity contribution in [1.82, 2.24) is 0 Å². The molecule has 0 aliphatic carbocycles. The van der Waals surface area contributed by atoms with Gasteiger partial charge in [-0.3, -0.25) is 4.99 Å². The third kappa shape index (κ3) is 4.17. The summed E-state index contributed by atoms with van der Waals surface area (Å²) < 4.78 is 5.21. The van der Waals surface area contributed by atoms with E-state index in [0.717, 1.165) is 40.0 Å². The number of anilines is 1. The number of aryl methyl sites for hydroxylation is 1. The van der Waals surface area contributed by atoms with Crippen LogP contribution in [0.4, 0.5) is 5.69 Å². The van der Waals surface area contributed by atoms with Crippen molar-refractivity contribution >= 4 is 28.2 Å². The molecule has 1 aliphatic heterocycles. The molecule has 0 radical (unpaired) electrons. The summed E-state index contributed by atoms with van der Waals surface area (Å²) in [6.07, 6.45) is 2.13. The van der Waals surface area contributed by atoms with Crippen molar-refractivity contribution in [2.24, 2.45) is 4.99 Å². The van der Waals surface area contributed by atoms with Gasteiger partial charge in [0.2, 0.25) is 0 Å². The molecule has 0 fully saturated rings. The average molecular weight is 324 g/mol. The van der Waals surface area contributed by atoms with Crippen LogP contribution in [-0.2, 0) is 0 Å². The van der Waals surface area contributed by atoms with Gasteiger partial charge in [-0.05, 0) is 42.8 Å². The summed E-state index contributed by atoms with van der Waals surface area (Å²) in [5.74, 6) is 1.92.